The van der Waals surface area contributed by atoms with Crippen LogP contribution in [0.15, 0.2) is 65.6 Å². The fourth-order valence-corrected chi connectivity index (χ4v) is 4.81. The molecule has 8 heteroatoms. The van der Waals surface area contributed by atoms with E-state index in [0.717, 1.165) is 21.0 Å². The molecule has 3 aromatic carbocycles. The molecule has 0 spiro atoms. The Balaban J connectivity index is 1.87. The molecule has 0 unspecified atom stereocenters. The summed E-state index contributed by atoms with van der Waals surface area (Å²) in [6.07, 6.45) is 0. The van der Waals surface area contributed by atoms with E-state index in [1.165, 1.54) is 32.4 Å². The lowest BCUT2D eigenvalue weighted by Crippen LogP contribution is -2.27. The van der Waals surface area contributed by atoms with Gasteiger partial charge < -0.3 is 9.47 Å². The highest BCUT2D eigenvalue weighted by Crippen LogP contribution is 2.32. The normalized spacial score (nSPS) is 11.2. The molecule has 32 heavy (non-hydrogen) atoms. The van der Waals surface area contributed by atoms with Gasteiger partial charge in [0.25, 0.3) is 10.0 Å². The number of ether oxygens (including phenoxy) is 2. The largest absolute Gasteiger partial charge is 0.495 e. The molecule has 0 bridgehead atoms. The van der Waals surface area contributed by atoms with Crippen LogP contribution in [0.5, 0.6) is 5.75 Å². The molecular formula is C24H24ClNO5S. The molecule has 0 amide bonds. The molecule has 0 heterocycles. The zero-order chi connectivity index (χ0) is 23.5. The minimum absolute atomic E-state index is 0.0226. The van der Waals surface area contributed by atoms with Crippen molar-refractivity contribution in [1.29, 1.82) is 0 Å². The maximum atomic E-state index is 13.2. The summed E-state index contributed by atoms with van der Waals surface area (Å²) in [6, 6.07) is 16.6. The third kappa shape index (κ3) is 5.06. The van der Waals surface area contributed by atoms with Crippen LogP contribution in [0.1, 0.15) is 27.0 Å². The van der Waals surface area contributed by atoms with E-state index < -0.39 is 16.0 Å². The molecule has 6 nitrogen and oxygen atoms in total. The first-order chi connectivity index (χ1) is 15.1. The number of rotatable bonds is 7. The van der Waals surface area contributed by atoms with E-state index in [4.69, 9.17) is 21.1 Å². The van der Waals surface area contributed by atoms with E-state index in [0.29, 0.717) is 11.4 Å². The Labute approximate surface area is 193 Å². The Bertz CT molecular complexity index is 1240. The van der Waals surface area contributed by atoms with Gasteiger partial charge in [0.1, 0.15) is 12.4 Å². The van der Waals surface area contributed by atoms with Crippen LogP contribution in [0.2, 0.25) is 5.02 Å². The number of hydrogen-bond acceptors (Lipinski definition) is 5. The summed E-state index contributed by atoms with van der Waals surface area (Å²) in [5.74, 6) is -0.299. The molecule has 0 N–H and O–H groups in total. The Morgan fingerprint density at radius 1 is 1.00 bits per heavy atom. The Morgan fingerprint density at radius 3 is 2.31 bits per heavy atom. The minimum atomic E-state index is -3.99. The zero-order valence-electron chi connectivity index (χ0n) is 18.3. The second kappa shape index (κ2) is 9.63. The third-order valence-electron chi connectivity index (χ3n) is 4.89. The van der Waals surface area contributed by atoms with Crippen molar-refractivity contribution >= 4 is 33.3 Å². The van der Waals surface area contributed by atoms with Gasteiger partial charge in [-0.2, -0.15) is 0 Å². The van der Waals surface area contributed by atoms with Crippen molar-refractivity contribution in [3.05, 3.63) is 87.9 Å². The number of aryl methyl sites for hydroxylation is 2. The first-order valence-corrected chi connectivity index (χ1v) is 11.6. The summed E-state index contributed by atoms with van der Waals surface area (Å²) < 4.78 is 38.2. The topological polar surface area (TPSA) is 72.9 Å². The van der Waals surface area contributed by atoms with Crippen LogP contribution in [0, 0.1) is 13.8 Å². The molecule has 0 aliphatic heterocycles. The highest BCUT2D eigenvalue weighted by molar-refractivity contribution is 7.92. The first kappa shape index (κ1) is 23.6. The van der Waals surface area contributed by atoms with Gasteiger partial charge >= 0.3 is 5.97 Å². The van der Waals surface area contributed by atoms with E-state index in [1.54, 1.807) is 24.3 Å². The fraction of sp³-hybridized carbons (Fsp3) is 0.208. The van der Waals surface area contributed by atoms with Crippen molar-refractivity contribution in [3.63, 3.8) is 0 Å². The summed E-state index contributed by atoms with van der Waals surface area (Å²) in [5, 5.41) is 0.106. The van der Waals surface area contributed by atoms with Crippen molar-refractivity contribution in [2.45, 2.75) is 25.3 Å². The maximum Gasteiger partial charge on any atom is 0.340 e. The predicted molar refractivity (Wildman–Crippen MR) is 125 cm³/mol. The summed E-state index contributed by atoms with van der Waals surface area (Å²) in [4.78, 5) is 12.6. The van der Waals surface area contributed by atoms with Crippen molar-refractivity contribution in [2.24, 2.45) is 0 Å². The van der Waals surface area contributed by atoms with Gasteiger partial charge in [-0.15, -0.1) is 0 Å². The SMILES string of the molecule is COc1ccccc1N(C)S(=O)(=O)c1ccc(Cl)c(C(=O)OCc2cc(C)cc(C)c2)c1. The lowest BCUT2D eigenvalue weighted by molar-refractivity contribution is 0.0472. The van der Waals surface area contributed by atoms with Gasteiger partial charge in [-0.05, 0) is 49.7 Å². The lowest BCUT2D eigenvalue weighted by Gasteiger charge is -2.22. The van der Waals surface area contributed by atoms with Gasteiger partial charge in [-0.1, -0.05) is 53.1 Å². The van der Waals surface area contributed by atoms with Crippen LogP contribution >= 0.6 is 11.6 Å². The van der Waals surface area contributed by atoms with Crippen LogP contribution in [-0.2, 0) is 21.4 Å². The number of hydrogen-bond donors (Lipinski definition) is 0. The highest BCUT2D eigenvalue weighted by Gasteiger charge is 2.26. The molecular weight excluding hydrogens is 450 g/mol. The number of methoxy groups -OCH3 is 1. The van der Waals surface area contributed by atoms with Crippen LogP contribution < -0.4 is 9.04 Å². The van der Waals surface area contributed by atoms with Crippen molar-refractivity contribution < 1.29 is 22.7 Å². The van der Waals surface area contributed by atoms with E-state index in [2.05, 4.69) is 0 Å². The molecule has 0 aliphatic carbocycles. The van der Waals surface area contributed by atoms with Gasteiger partial charge in [0.15, 0.2) is 0 Å². The molecule has 0 aliphatic rings. The van der Waals surface area contributed by atoms with E-state index in [1.807, 2.05) is 32.0 Å². The van der Waals surface area contributed by atoms with Crippen molar-refractivity contribution in [2.75, 3.05) is 18.5 Å². The number of halogens is 1. The molecule has 0 aromatic heterocycles. The number of sulfonamides is 1. The standard InChI is InChI=1S/C24H24ClNO5S/c1-16-11-17(2)13-18(12-16)15-31-24(27)20-14-19(9-10-21(20)25)32(28,29)26(3)22-7-5-6-8-23(22)30-4/h5-14H,15H2,1-4H3. The van der Waals surface area contributed by atoms with Gasteiger partial charge in [0, 0.05) is 7.05 Å². The minimum Gasteiger partial charge on any atom is -0.495 e. The van der Waals surface area contributed by atoms with Crippen LogP contribution in [-0.4, -0.2) is 28.5 Å². The van der Waals surface area contributed by atoms with Crippen LogP contribution in [0.4, 0.5) is 5.69 Å². The second-order valence-electron chi connectivity index (χ2n) is 7.36. The highest BCUT2D eigenvalue weighted by atomic mass is 35.5. The molecule has 0 radical (unpaired) electrons. The molecule has 0 saturated carbocycles. The Hall–Kier alpha value is -3.03. The van der Waals surface area contributed by atoms with Gasteiger partial charge in [-0.3, -0.25) is 4.31 Å². The number of anilines is 1. The van der Waals surface area contributed by atoms with Gasteiger partial charge in [0.05, 0.1) is 28.3 Å². The van der Waals surface area contributed by atoms with E-state index in [-0.39, 0.29) is 22.1 Å². The summed E-state index contributed by atoms with van der Waals surface area (Å²) in [7, 11) is -1.11. The summed E-state index contributed by atoms with van der Waals surface area (Å²) in [5.41, 5.74) is 3.30. The number of carbonyl (C=O) groups excluding carboxylic acids is 1. The molecule has 0 fully saturated rings. The first-order valence-electron chi connectivity index (χ1n) is 9.79. The van der Waals surface area contributed by atoms with Gasteiger partial charge in [-0.25, -0.2) is 13.2 Å². The fourth-order valence-electron chi connectivity index (χ4n) is 3.38. The van der Waals surface area contributed by atoms with Crippen molar-refractivity contribution in [3.8, 4) is 5.75 Å². The van der Waals surface area contributed by atoms with Crippen LogP contribution in [0.25, 0.3) is 0 Å². The smallest absolute Gasteiger partial charge is 0.340 e. The Morgan fingerprint density at radius 2 is 1.66 bits per heavy atom. The lowest BCUT2D eigenvalue weighted by atomic mass is 10.1. The molecule has 0 saturated heterocycles. The quantitative estimate of drug-likeness (QED) is 0.444. The zero-order valence-corrected chi connectivity index (χ0v) is 19.8. The average Bonchev–Trinajstić information content (AvgIpc) is 2.76. The third-order valence-corrected chi connectivity index (χ3v) is 6.99. The number of para-hydroxylation sites is 2. The predicted octanol–water partition coefficient (Wildman–Crippen LogP) is 5.15. The monoisotopic (exact) mass is 473 g/mol. The molecule has 168 valence electrons. The number of benzene rings is 3. The van der Waals surface area contributed by atoms with E-state index >= 15 is 0 Å². The van der Waals surface area contributed by atoms with E-state index in [9.17, 15) is 13.2 Å². The number of esters is 1. The Kier molecular flexibility index (Phi) is 7.11. The maximum absolute atomic E-state index is 13.2. The molecule has 3 rings (SSSR count). The number of carbonyl (C=O) groups is 1. The van der Waals surface area contributed by atoms with Crippen LogP contribution in [0.3, 0.4) is 0 Å². The summed E-state index contributed by atoms with van der Waals surface area (Å²) >= 11 is 6.19. The summed E-state index contributed by atoms with van der Waals surface area (Å²) in [6.45, 7) is 3.97. The van der Waals surface area contributed by atoms with Crippen molar-refractivity contribution in [1.82, 2.24) is 0 Å². The molecule has 0 atom stereocenters. The molecule has 3 aromatic rings. The number of nitrogens with zero attached hydrogens (tertiary/aromatic N) is 1. The van der Waals surface area contributed by atoms with Gasteiger partial charge in [0.2, 0.25) is 0 Å². The second-order valence-corrected chi connectivity index (χ2v) is 9.73. The average molecular weight is 474 g/mol.